The van der Waals surface area contributed by atoms with Gasteiger partial charge in [-0.05, 0) is 31.9 Å². The van der Waals surface area contributed by atoms with E-state index in [1.54, 1.807) is 11.8 Å². The van der Waals surface area contributed by atoms with Crippen molar-refractivity contribution in [2.45, 2.75) is 17.4 Å². The van der Waals surface area contributed by atoms with Crippen molar-refractivity contribution in [3.63, 3.8) is 0 Å². The molecule has 3 nitrogen and oxygen atoms in total. The van der Waals surface area contributed by atoms with E-state index < -0.39 is 0 Å². The van der Waals surface area contributed by atoms with Crippen LogP contribution < -0.4 is 0 Å². The number of carbonyl (C=O) groups excluding carboxylic acids is 1. The zero-order chi connectivity index (χ0) is 13.0. The first-order chi connectivity index (χ1) is 8.70. The Morgan fingerprint density at radius 1 is 1.44 bits per heavy atom. The van der Waals surface area contributed by atoms with E-state index in [1.807, 2.05) is 37.6 Å². The Bertz CT molecular complexity index is 399. The van der Waals surface area contributed by atoms with E-state index in [4.69, 9.17) is 4.74 Å². The minimum absolute atomic E-state index is 0.178. The smallest absolute Gasteiger partial charge is 0.176 e. The lowest BCUT2D eigenvalue weighted by atomic mass is 10.1. The second-order valence-electron chi connectivity index (χ2n) is 4.58. The fraction of sp³-hybridized carbons (Fsp3) is 0.500. The van der Waals surface area contributed by atoms with Crippen LogP contribution in [0.4, 0.5) is 0 Å². The van der Waals surface area contributed by atoms with Crippen LogP contribution in [0.25, 0.3) is 0 Å². The molecule has 1 aliphatic rings. The minimum Gasteiger partial charge on any atom is -0.380 e. The number of hydrogen-bond donors (Lipinski definition) is 0. The van der Waals surface area contributed by atoms with E-state index in [9.17, 15) is 4.79 Å². The lowest BCUT2D eigenvalue weighted by Crippen LogP contribution is -2.36. The van der Waals surface area contributed by atoms with Gasteiger partial charge >= 0.3 is 0 Å². The molecule has 1 fully saturated rings. The molecule has 98 valence electrons. The number of carbonyl (C=O) groups is 1. The fourth-order valence-electron chi connectivity index (χ4n) is 2.09. The highest BCUT2D eigenvalue weighted by Crippen LogP contribution is 2.16. The number of ketones is 1. The maximum atomic E-state index is 12.1. The topological polar surface area (TPSA) is 29.5 Å². The van der Waals surface area contributed by atoms with Crippen LogP contribution in [0.15, 0.2) is 29.2 Å². The van der Waals surface area contributed by atoms with Gasteiger partial charge in [0.2, 0.25) is 0 Å². The zero-order valence-corrected chi connectivity index (χ0v) is 11.7. The third-order valence-electron chi connectivity index (χ3n) is 3.33. The maximum Gasteiger partial charge on any atom is 0.176 e. The number of thioether (sulfide) groups is 1. The van der Waals surface area contributed by atoms with Gasteiger partial charge in [-0.2, -0.15) is 0 Å². The van der Waals surface area contributed by atoms with Gasteiger partial charge < -0.3 is 4.74 Å². The van der Waals surface area contributed by atoms with E-state index in [2.05, 4.69) is 4.90 Å². The second-order valence-corrected chi connectivity index (χ2v) is 5.46. The van der Waals surface area contributed by atoms with Crippen molar-refractivity contribution >= 4 is 17.5 Å². The summed E-state index contributed by atoms with van der Waals surface area (Å²) in [4.78, 5) is 15.4. The number of likely N-dealkylation sites (N-methyl/N-ethyl adjacent to an activating group) is 1. The molecular weight excluding hydrogens is 246 g/mol. The first-order valence-electron chi connectivity index (χ1n) is 6.16. The van der Waals surface area contributed by atoms with Crippen molar-refractivity contribution in [2.24, 2.45) is 0 Å². The first kappa shape index (κ1) is 13.6. The van der Waals surface area contributed by atoms with Crippen molar-refractivity contribution < 1.29 is 9.53 Å². The molecule has 0 aliphatic carbocycles. The van der Waals surface area contributed by atoms with Crippen LogP contribution in [-0.4, -0.2) is 49.8 Å². The van der Waals surface area contributed by atoms with E-state index >= 15 is 0 Å². The molecule has 1 saturated heterocycles. The number of nitrogens with zero attached hydrogens (tertiary/aromatic N) is 1. The fourth-order valence-corrected chi connectivity index (χ4v) is 2.50. The Balaban J connectivity index is 1.93. The number of ether oxygens (including phenoxy) is 1. The van der Waals surface area contributed by atoms with Gasteiger partial charge in [0.25, 0.3) is 0 Å². The SMILES string of the molecule is CSc1ccc(C(=O)CN(C)C2CCOC2)cc1. The van der Waals surface area contributed by atoms with Crippen LogP contribution in [0.1, 0.15) is 16.8 Å². The van der Waals surface area contributed by atoms with E-state index in [0.717, 1.165) is 25.2 Å². The standard InChI is InChI=1S/C14H19NO2S/c1-15(12-7-8-17-10-12)9-14(16)11-3-5-13(18-2)6-4-11/h3-6,12H,7-10H2,1-2H3. The average Bonchev–Trinajstić information content (AvgIpc) is 2.92. The molecule has 1 aromatic rings. The number of benzene rings is 1. The molecule has 0 bridgehead atoms. The van der Waals surface area contributed by atoms with Crippen molar-refractivity contribution in [1.29, 1.82) is 0 Å². The van der Waals surface area contributed by atoms with Crippen LogP contribution in [0.3, 0.4) is 0 Å². The number of hydrogen-bond acceptors (Lipinski definition) is 4. The van der Waals surface area contributed by atoms with Gasteiger partial charge in [0.15, 0.2) is 5.78 Å². The van der Waals surface area contributed by atoms with E-state index in [0.29, 0.717) is 12.6 Å². The number of rotatable bonds is 5. The monoisotopic (exact) mass is 265 g/mol. The molecule has 0 N–H and O–H groups in total. The van der Waals surface area contributed by atoms with Gasteiger partial charge in [0.1, 0.15) is 0 Å². The number of Topliss-reactive ketones (excluding diaryl/α,β-unsaturated/α-hetero) is 1. The van der Waals surface area contributed by atoms with Crippen LogP contribution in [0, 0.1) is 0 Å². The Kier molecular flexibility index (Phi) is 4.80. The molecule has 0 spiro atoms. The molecular formula is C14H19NO2S. The van der Waals surface area contributed by atoms with Crippen molar-refractivity contribution in [2.75, 3.05) is 33.1 Å². The van der Waals surface area contributed by atoms with Crippen LogP contribution in [-0.2, 0) is 4.74 Å². The molecule has 1 unspecified atom stereocenters. The van der Waals surface area contributed by atoms with Crippen molar-refractivity contribution in [1.82, 2.24) is 4.90 Å². The molecule has 0 radical (unpaired) electrons. The molecule has 0 aromatic heterocycles. The van der Waals surface area contributed by atoms with Gasteiger partial charge in [0, 0.05) is 23.1 Å². The lowest BCUT2D eigenvalue weighted by molar-refractivity contribution is 0.0907. The van der Waals surface area contributed by atoms with E-state index in [1.165, 1.54) is 4.90 Å². The highest BCUT2D eigenvalue weighted by atomic mass is 32.2. The van der Waals surface area contributed by atoms with Gasteiger partial charge in [-0.25, -0.2) is 0 Å². The summed E-state index contributed by atoms with van der Waals surface area (Å²) in [6.07, 6.45) is 3.06. The Morgan fingerprint density at radius 2 is 2.17 bits per heavy atom. The summed E-state index contributed by atoms with van der Waals surface area (Å²) in [7, 11) is 1.99. The summed E-state index contributed by atoms with van der Waals surface area (Å²) in [6.45, 7) is 2.02. The molecule has 1 heterocycles. The third-order valence-corrected chi connectivity index (χ3v) is 4.08. The Labute approximate surface area is 113 Å². The summed E-state index contributed by atoms with van der Waals surface area (Å²) in [6, 6.07) is 8.20. The molecule has 1 atom stereocenters. The highest BCUT2D eigenvalue weighted by Gasteiger charge is 2.22. The first-order valence-corrected chi connectivity index (χ1v) is 7.38. The van der Waals surface area contributed by atoms with Crippen molar-refractivity contribution in [3.8, 4) is 0 Å². The van der Waals surface area contributed by atoms with Gasteiger partial charge in [-0.3, -0.25) is 9.69 Å². The lowest BCUT2D eigenvalue weighted by Gasteiger charge is -2.21. The van der Waals surface area contributed by atoms with Crippen molar-refractivity contribution in [3.05, 3.63) is 29.8 Å². The molecule has 2 rings (SSSR count). The second kappa shape index (κ2) is 6.36. The minimum atomic E-state index is 0.178. The molecule has 0 saturated carbocycles. The molecule has 18 heavy (non-hydrogen) atoms. The molecule has 1 aliphatic heterocycles. The van der Waals surface area contributed by atoms with Gasteiger partial charge in [-0.1, -0.05) is 12.1 Å². The summed E-state index contributed by atoms with van der Waals surface area (Å²) >= 11 is 1.69. The molecule has 1 aromatic carbocycles. The van der Waals surface area contributed by atoms with Gasteiger partial charge in [-0.15, -0.1) is 11.8 Å². The summed E-state index contributed by atoms with van der Waals surface area (Å²) in [5, 5.41) is 0. The predicted molar refractivity (Wildman–Crippen MR) is 74.4 cm³/mol. The third kappa shape index (κ3) is 3.34. The van der Waals surface area contributed by atoms with E-state index in [-0.39, 0.29) is 5.78 Å². The Hall–Kier alpha value is -0.840. The van der Waals surface area contributed by atoms with Gasteiger partial charge in [0.05, 0.1) is 13.2 Å². The zero-order valence-electron chi connectivity index (χ0n) is 10.9. The van der Waals surface area contributed by atoms with Crippen LogP contribution in [0.2, 0.25) is 0 Å². The quantitative estimate of drug-likeness (QED) is 0.603. The highest BCUT2D eigenvalue weighted by molar-refractivity contribution is 7.98. The summed E-state index contributed by atoms with van der Waals surface area (Å²) in [5.74, 6) is 0.178. The molecule has 4 heteroatoms. The Morgan fingerprint density at radius 3 is 2.72 bits per heavy atom. The summed E-state index contributed by atoms with van der Waals surface area (Å²) < 4.78 is 5.34. The normalized spacial score (nSPS) is 19.4. The summed E-state index contributed by atoms with van der Waals surface area (Å²) in [5.41, 5.74) is 0.790. The maximum absolute atomic E-state index is 12.1. The average molecular weight is 265 g/mol. The largest absolute Gasteiger partial charge is 0.380 e. The van der Waals surface area contributed by atoms with Crippen LogP contribution in [0.5, 0.6) is 0 Å². The predicted octanol–water partition coefficient (Wildman–Crippen LogP) is 2.31. The van der Waals surface area contributed by atoms with Crippen LogP contribution >= 0.6 is 11.8 Å². The molecule has 0 amide bonds.